The maximum Gasteiger partial charge on any atom is 0.228 e. The van der Waals surface area contributed by atoms with Crippen LogP contribution in [0.4, 0.5) is 5.95 Å². The minimum absolute atomic E-state index is 0.121. The van der Waals surface area contributed by atoms with Crippen molar-refractivity contribution in [1.29, 1.82) is 0 Å². The van der Waals surface area contributed by atoms with Crippen molar-refractivity contribution in [3.8, 4) is 5.88 Å². The summed E-state index contributed by atoms with van der Waals surface area (Å²) in [5.74, 6) is 1.97. The Balaban J connectivity index is 2.15. The summed E-state index contributed by atoms with van der Waals surface area (Å²) in [7, 11) is 0. The summed E-state index contributed by atoms with van der Waals surface area (Å²) < 4.78 is 5.64. The average Bonchev–Trinajstić information content (AvgIpc) is 2.89. The van der Waals surface area contributed by atoms with Crippen molar-refractivity contribution >= 4 is 17.5 Å². The Labute approximate surface area is 120 Å². The zero-order valence-electron chi connectivity index (χ0n) is 11.7. The summed E-state index contributed by atoms with van der Waals surface area (Å²) in [4.78, 5) is 11.1. The topological polar surface area (TPSA) is 38.2 Å². The molecule has 0 aromatic carbocycles. The monoisotopic (exact) mass is 283 g/mol. The molecule has 19 heavy (non-hydrogen) atoms. The standard InChI is InChI=1S/C14H22ClN3O/c1-11(2)19-13-7-9-16-14(17-13)18(10-8-15)12-5-3-4-6-12/h7,9,11-12H,3-6,8,10H2,1-2H3. The van der Waals surface area contributed by atoms with Crippen LogP contribution >= 0.6 is 11.6 Å². The van der Waals surface area contributed by atoms with Crippen LogP contribution in [0.3, 0.4) is 0 Å². The molecule has 0 N–H and O–H groups in total. The molecule has 0 atom stereocenters. The Morgan fingerprint density at radius 1 is 1.42 bits per heavy atom. The first-order valence-corrected chi connectivity index (χ1v) is 7.56. The molecule has 2 rings (SSSR count). The molecular weight excluding hydrogens is 262 g/mol. The predicted octanol–water partition coefficient (Wildman–Crippen LogP) is 3.25. The molecular formula is C14H22ClN3O. The molecule has 5 heteroatoms. The molecule has 0 unspecified atom stereocenters. The number of alkyl halides is 1. The van der Waals surface area contributed by atoms with Crippen molar-refractivity contribution in [3.63, 3.8) is 0 Å². The lowest BCUT2D eigenvalue weighted by Gasteiger charge is -2.28. The molecule has 1 saturated carbocycles. The predicted molar refractivity (Wildman–Crippen MR) is 78.1 cm³/mol. The molecule has 106 valence electrons. The SMILES string of the molecule is CC(C)Oc1ccnc(N(CCCl)C2CCCC2)n1. The van der Waals surface area contributed by atoms with Gasteiger partial charge in [0, 0.05) is 30.7 Å². The second-order valence-corrected chi connectivity index (χ2v) is 5.56. The van der Waals surface area contributed by atoms with Gasteiger partial charge >= 0.3 is 0 Å². The lowest BCUT2D eigenvalue weighted by atomic mass is 10.2. The molecule has 0 radical (unpaired) electrons. The van der Waals surface area contributed by atoms with Crippen LogP contribution in [0.25, 0.3) is 0 Å². The van der Waals surface area contributed by atoms with E-state index >= 15 is 0 Å². The van der Waals surface area contributed by atoms with Crippen LogP contribution in [0.2, 0.25) is 0 Å². The molecule has 0 spiro atoms. The van der Waals surface area contributed by atoms with Crippen LogP contribution < -0.4 is 9.64 Å². The fourth-order valence-electron chi connectivity index (χ4n) is 2.53. The van der Waals surface area contributed by atoms with Gasteiger partial charge in [-0.25, -0.2) is 4.98 Å². The van der Waals surface area contributed by atoms with Gasteiger partial charge in [-0.2, -0.15) is 4.98 Å². The highest BCUT2D eigenvalue weighted by molar-refractivity contribution is 6.18. The van der Waals surface area contributed by atoms with E-state index < -0.39 is 0 Å². The van der Waals surface area contributed by atoms with E-state index in [2.05, 4.69) is 14.9 Å². The smallest absolute Gasteiger partial charge is 0.228 e. The summed E-state index contributed by atoms with van der Waals surface area (Å²) in [6, 6.07) is 2.32. The molecule has 1 heterocycles. The largest absolute Gasteiger partial charge is 0.475 e. The Bertz CT molecular complexity index is 394. The quantitative estimate of drug-likeness (QED) is 0.751. The number of nitrogens with zero attached hydrogens (tertiary/aromatic N) is 3. The number of hydrogen-bond donors (Lipinski definition) is 0. The number of hydrogen-bond acceptors (Lipinski definition) is 4. The molecule has 1 aliphatic rings. The van der Waals surface area contributed by atoms with Crippen molar-refractivity contribution in [3.05, 3.63) is 12.3 Å². The highest BCUT2D eigenvalue weighted by Gasteiger charge is 2.24. The molecule has 0 amide bonds. The maximum absolute atomic E-state index is 5.92. The van der Waals surface area contributed by atoms with Gasteiger partial charge in [-0.1, -0.05) is 12.8 Å². The average molecular weight is 284 g/mol. The van der Waals surface area contributed by atoms with Gasteiger partial charge in [-0.3, -0.25) is 0 Å². The maximum atomic E-state index is 5.92. The molecule has 1 aromatic heterocycles. The Kier molecular flexibility index (Phi) is 5.25. The molecule has 4 nitrogen and oxygen atoms in total. The van der Waals surface area contributed by atoms with Crippen LogP contribution in [0.15, 0.2) is 12.3 Å². The van der Waals surface area contributed by atoms with Gasteiger partial charge < -0.3 is 9.64 Å². The molecule has 1 fully saturated rings. The van der Waals surface area contributed by atoms with Crippen LogP contribution in [0.5, 0.6) is 5.88 Å². The van der Waals surface area contributed by atoms with Crippen LogP contribution in [-0.4, -0.2) is 34.5 Å². The number of aromatic nitrogens is 2. The third-order valence-corrected chi connectivity index (χ3v) is 3.49. The molecule has 1 aromatic rings. The first-order chi connectivity index (χ1) is 9.20. The van der Waals surface area contributed by atoms with Gasteiger partial charge in [0.25, 0.3) is 0 Å². The minimum Gasteiger partial charge on any atom is -0.475 e. The fraction of sp³-hybridized carbons (Fsp3) is 0.714. The van der Waals surface area contributed by atoms with Crippen molar-refractivity contribution in [2.24, 2.45) is 0 Å². The third kappa shape index (κ3) is 3.96. The summed E-state index contributed by atoms with van der Waals surface area (Å²) >= 11 is 5.92. The minimum atomic E-state index is 0.121. The molecule has 1 aliphatic carbocycles. The molecule has 0 bridgehead atoms. The van der Waals surface area contributed by atoms with E-state index in [1.807, 2.05) is 13.8 Å². The summed E-state index contributed by atoms with van der Waals surface area (Å²) in [6.07, 6.45) is 6.86. The van der Waals surface area contributed by atoms with Crippen molar-refractivity contribution in [1.82, 2.24) is 9.97 Å². The van der Waals surface area contributed by atoms with Gasteiger partial charge in [0.15, 0.2) is 0 Å². The first-order valence-electron chi connectivity index (χ1n) is 7.03. The second kappa shape index (κ2) is 6.94. The van der Waals surface area contributed by atoms with E-state index in [0.29, 0.717) is 17.8 Å². The van der Waals surface area contributed by atoms with Crippen molar-refractivity contribution < 1.29 is 4.74 Å². The van der Waals surface area contributed by atoms with E-state index in [0.717, 1.165) is 12.5 Å². The molecule has 0 saturated heterocycles. The Morgan fingerprint density at radius 2 is 2.16 bits per heavy atom. The van der Waals surface area contributed by atoms with E-state index in [1.54, 1.807) is 12.3 Å². The zero-order valence-corrected chi connectivity index (χ0v) is 12.4. The van der Waals surface area contributed by atoms with Crippen LogP contribution in [-0.2, 0) is 0 Å². The first kappa shape index (κ1) is 14.4. The van der Waals surface area contributed by atoms with Crippen LogP contribution in [0, 0.1) is 0 Å². The molecule has 0 aliphatic heterocycles. The highest BCUT2D eigenvalue weighted by Crippen LogP contribution is 2.27. The number of anilines is 1. The Hall–Kier alpha value is -1.03. The number of ether oxygens (including phenoxy) is 1. The third-order valence-electron chi connectivity index (χ3n) is 3.32. The zero-order chi connectivity index (χ0) is 13.7. The van der Waals surface area contributed by atoms with Gasteiger partial charge in [0.2, 0.25) is 11.8 Å². The van der Waals surface area contributed by atoms with Crippen molar-refractivity contribution in [2.75, 3.05) is 17.3 Å². The summed E-state index contributed by atoms with van der Waals surface area (Å²) in [5.41, 5.74) is 0. The van der Waals surface area contributed by atoms with E-state index in [-0.39, 0.29) is 6.10 Å². The summed E-state index contributed by atoms with van der Waals surface area (Å²) in [5, 5.41) is 0. The lowest BCUT2D eigenvalue weighted by molar-refractivity contribution is 0.232. The Morgan fingerprint density at radius 3 is 2.79 bits per heavy atom. The normalized spacial score (nSPS) is 16.0. The van der Waals surface area contributed by atoms with E-state index in [1.165, 1.54) is 25.7 Å². The van der Waals surface area contributed by atoms with Crippen LogP contribution in [0.1, 0.15) is 39.5 Å². The van der Waals surface area contributed by atoms with Gasteiger partial charge in [0.1, 0.15) is 0 Å². The highest BCUT2D eigenvalue weighted by atomic mass is 35.5. The second-order valence-electron chi connectivity index (χ2n) is 5.18. The number of halogens is 1. The van der Waals surface area contributed by atoms with Gasteiger partial charge in [-0.15, -0.1) is 11.6 Å². The summed E-state index contributed by atoms with van der Waals surface area (Å²) in [6.45, 7) is 4.78. The number of rotatable bonds is 6. The van der Waals surface area contributed by atoms with Crippen molar-refractivity contribution in [2.45, 2.75) is 51.7 Å². The van der Waals surface area contributed by atoms with E-state index in [9.17, 15) is 0 Å². The van der Waals surface area contributed by atoms with E-state index in [4.69, 9.17) is 16.3 Å². The van der Waals surface area contributed by atoms with Gasteiger partial charge in [-0.05, 0) is 26.7 Å². The van der Waals surface area contributed by atoms with Gasteiger partial charge in [0.05, 0.1) is 6.10 Å². The lowest BCUT2D eigenvalue weighted by Crippen LogP contribution is -2.36. The fourth-order valence-corrected chi connectivity index (χ4v) is 2.71.